The van der Waals surface area contributed by atoms with Crippen molar-refractivity contribution in [1.29, 1.82) is 0 Å². The Balaban J connectivity index is 1.73. The Morgan fingerprint density at radius 3 is 2.44 bits per heavy atom. The number of ether oxygens (including phenoxy) is 2. The molecule has 144 valence electrons. The quantitative estimate of drug-likeness (QED) is 0.851. The Morgan fingerprint density at radius 2 is 1.81 bits per heavy atom. The lowest BCUT2D eigenvalue weighted by atomic mass is 10.0. The van der Waals surface area contributed by atoms with E-state index in [1.165, 1.54) is 5.56 Å². The molecule has 27 heavy (non-hydrogen) atoms. The Bertz CT molecular complexity index is 768. The topological polar surface area (TPSA) is 50.8 Å². The lowest BCUT2D eigenvalue weighted by molar-refractivity contribution is 0.0162. The normalized spacial score (nSPS) is 16.0. The Labute approximate surface area is 161 Å². The highest BCUT2D eigenvalue weighted by Gasteiger charge is 2.23. The summed E-state index contributed by atoms with van der Waals surface area (Å²) in [5, 5.41) is 3.12. The standard InChI is InChI=1S/C22H28N2O3/c1-16-4-5-19(14-17(16)2)22(25)23-15-21(24-10-12-27-13-11-24)18-6-8-20(26-3)9-7-18/h4-9,14,21H,10-13,15H2,1-3H3,(H,23,25)/t21-/m0/s1. The van der Waals surface area contributed by atoms with Crippen LogP contribution in [0.3, 0.4) is 0 Å². The molecule has 1 amide bonds. The Kier molecular flexibility index (Phi) is 6.48. The van der Waals surface area contributed by atoms with Crippen molar-refractivity contribution in [3.05, 3.63) is 64.7 Å². The Hall–Kier alpha value is -2.37. The van der Waals surface area contributed by atoms with Crippen LogP contribution < -0.4 is 10.1 Å². The fraction of sp³-hybridized carbons (Fsp3) is 0.409. The molecule has 1 aliphatic rings. The summed E-state index contributed by atoms with van der Waals surface area (Å²) in [7, 11) is 1.66. The number of carbonyl (C=O) groups is 1. The number of hydrogen-bond donors (Lipinski definition) is 1. The molecule has 3 rings (SSSR count). The fourth-order valence-electron chi connectivity index (χ4n) is 3.35. The van der Waals surface area contributed by atoms with E-state index in [0.717, 1.165) is 43.2 Å². The molecule has 0 aliphatic carbocycles. The number of nitrogens with one attached hydrogen (secondary N) is 1. The molecule has 5 heteroatoms. The number of hydrogen-bond acceptors (Lipinski definition) is 4. The number of rotatable bonds is 6. The van der Waals surface area contributed by atoms with Crippen molar-refractivity contribution in [3.63, 3.8) is 0 Å². The van der Waals surface area contributed by atoms with Gasteiger partial charge in [0.15, 0.2) is 0 Å². The molecule has 1 aliphatic heterocycles. The van der Waals surface area contributed by atoms with Gasteiger partial charge in [-0.15, -0.1) is 0 Å². The molecule has 0 aromatic heterocycles. The number of aryl methyl sites for hydroxylation is 2. The minimum absolute atomic E-state index is 0.0372. The van der Waals surface area contributed by atoms with E-state index in [-0.39, 0.29) is 11.9 Å². The molecule has 1 atom stereocenters. The molecule has 0 spiro atoms. The second kappa shape index (κ2) is 9.02. The van der Waals surface area contributed by atoms with Crippen LogP contribution in [0.5, 0.6) is 5.75 Å². The van der Waals surface area contributed by atoms with Gasteiger partial charge in [-0.3, -0.25) is 9.69 Å². The minimum Gasteiger partial charge on any atom is -0.497 e. The van der Waals surface area contributed by atoms with Crippen LogP contribution in [-0.4, -0.2) is 50.8 Å². The Morgan fingerprint density at radius 1 is 1.11 bits per heavy atom. The van der Waals surface area contributed by atoms with Crippen molar-refractivity contribution in [2.45, 2.75) is 19.9 Å². The second-order valence-corrected chi connectivity index (χ2v) is 6.95. The summed E-state index contributed by atoms with van der Waals surface area (Å²) in [6, 6.07) is 14.0. The molecule has 2 aromatic carbocycles. The van der Waals surface area contributed by atoms with Crippen LogP contribution in [0.1, 0.15) is 33.1 Å². The minimum atomic E-state index is -0.0372. The molecule has 1 fully saturated rings. The first-order valence-electron chi connectivity index (χ1n) is 9.39. The smallest absolute Gasteiger partial charge is 0.251 e. The van der Waals surface area contributed by atoms with Gasteiger partial charge >= 0.3 is 0 Å². The zero-order chi connectivity index (χ0) is 19.2. The van der Waals surface area contributed by atoms with E-state index in [1.54, 1.807) is 7.11 Å². The van der Waals surface area contributed by atoms with E-state index in [1.807, 2.05) is 37.3 Å². The molecule has 0 bridgehead atoms. The maximum atomic E-state index is 12.7. The summed E-state index contributed by atoms with van der Waals surface area (Å²) in [6.45, 7) is 7.79. The van der Waals surface area contributed by atoms with Gasteiger partial charge in [0.1, 0.15) is 5.75 Å². The predicted octanol–water partition coefficient (Wildman–Crippen LogP) is 3.12. The van der Waals surface area contributed by atoms with Gasteiger partial charge in [0.2, 0.25) is 0 Å². The van der Waals surface area contributed by atoms with E-state index in [9.17, 15) is 4.79 Å². The van der Waals surface area contributed by atoms with Crippen LogP contribution in [0.25, 0.3) is 0 Å². The molecule has 1 heterocycles. The van der Waals surface area contributed by atoms with E-state index in [4.69, 9.17) is 9.47 Å². The molecule has 0 unspecified atom stereocenters. The van der Waals surface area contributed by atoms with Crippen LogP contribution in [-0.2, 0) is 4.74 Å². The van der Waals surface area contributed by atoms with E-state index in [0.29, 0.717) is 12.1 Å². The fourth-order valence-corrected chi connectivity index (χ4v) is 3.35. The average molecular weight is 368 g/mol. The summed E-state index contributed by atoms with van der Waals surface area (Å²) in [4.78, 5) is 15.0. The number of methoxy groups -OCH3 is 1. The monoisotopic (exact) mass is 368 g/mol. The number of nitrogens with zero attached hydrogens (tertiary/aromatic N) is 1. The molecular formula is C22H28N2O3. The van der Waals surface area contributed by atoms with Crippen molar-refractivity contribution in [1.82, 2.24) is 10.2 Å². The third-order valence-electron chi connectivity index (χ3n) is 5.21. The van der Waals surface area contributed by atoms with Gasteiger partial charge in [-0.2, -0.15) is 0 Å². The van der Waals surface area contributed by atoms with Gasteiger partial charge in [-0.05, 0) is 54.8 Å². The van der Waals surface area contributed by atoms with Crippen LogP contribution in [0.2, 0.25) is 0 Å². The first-order valence-corrected chi connectivity index (χ1v) is 9.39. The van der Waals surface area contributed by atoms with Gasteiger partial charge < -0.3 is 14.8 Å². The predicted molar refractivity (Wildman–Crippen MR) is 106 cm³/mol. The van der Waals surface area contributed by atoms with E-state index >= 15 is 0 Å². The van der Waals surface area contributed by atoms with E-state index in [2.05, 4.69) is 29.3 Å². The first-order chi connectivity index (χ1) is 13.1. The van der Waals surface area contributed by atoms with Gasteiger partial charge in [0.05, 0.1) is 26.4 Å². The summed E-state index contributed by atoms with van der Waals surface area (Å²) >= 11 is 0. The summed E-state index contributed by atoms with van der Waals surface area (Å²) in [5.74, 6) is 0.795. The highest BCUT2D eigenvalue weighted by Crippen LogP contribution is 2.24. The zero-order valence-electron chi connectivity index (χ0n) is 16.3. The van der Waals surface area contributed by atoms with Crippen molar-refractivity contribution in [2.24, 2.45) is 0 Å². The summed E-state index contributed by atoms with van der Waals surface area (Å²) in [6.07, 6.45) is 0. The van der Waals surface area contributed by atoms with Gasteiger partial charge in [-0.1, -0.05) is 18.2 Å². The largest absolute Gasteiger partial charge is 0.497 e. The van der Waals surface area contributed by atoms with Gasteiger partial charge in [0.25, 0.3) is 5.91 Å². The highest BCUT2D eigenvalue weighted by molar-refractivity contribution is 5.94. The van der Waals surface area contributed by atoms with Crippen LogP contribution in [0.4, 0.5) is 0 Å². The van der Waals surface area contributed by atoms with E-state index < -0.39 is 0 Å². The van der Waals surface area contributed by atoms with Crippen LogP contribution in [0.15, 0.2) is 42.5 Å². The lowest BCUT2D eigenvalue weighted by Crippen LogP contribution is -2.43. The van der Waals surface area contributed by atoms with Crippen LogP contribution >= 0.6 is 0 Å². The number of amides is 1. The molecule has 0 saturated carbocycles. The molecule has 2 aromatic rings. The lowest BCUT2D eigenvalue weighted by Gasteiger charge is -2.35. The third kappa shape index (κ3) is 4.87. The number of morpholine rings is 1. The van der Waals surface area contributed by atoms with Crippen LogP contribution in [0, 0.1) is 13.8 Å². The SMILES string of the molecule is COc1ccc([C@H](CNC(=O)c2ccc(C)c(C)c2)N2CCOCC2)cc1. The van der Waals surface area contributed by atoms with Crippen molar-refractivity contribution < 1.29 is 14.3 Å². The van der Waals surface area contributed by atoms with Crippen molar-refractivity contribution in [2.75, 3.05) is 40.0 Å². The molecule has 0 radical (unpaired) electrons. The van der Waals surface area contributed by atoms with Gasteiger partial charge in [0, 0.05) is 25.2 Å². The molecule has 1 saturated heterocycles. The zero-order valence-corrected chi connectivity index (χ0v) is 16.3. The molecular weight excluding hydrogens is 340 g/mol. The summed E-state index contributed by atoms with van der Waals surface area (Å²) < 4.78 is 10.8. The maximum Gasteiger partial charge on any atom is 0.251 e. The molecule has 5 nitrogen and oxygen atoms in total. The number of benzene rings is 2. The maximum absolute atomic E-state index is 12.7. The highest BCUT2D eigenvalue weighted by atomic mass is 16.5. The summed E-state index contributed by atoms with van der Waals surface area (Å²) in [5.41, 5.74) is 4.19. The average Bonchev–Trinajstić information content (AvgIpc) is 2.71. The first kappa shape index (κ1) is 19.4. The van der Waals surface area contributed by atoms with Gasteiger partial charge in [-0.25, -0.2) is 0 Å². The third-order valence-corrected chi connectivity index (χ3v) is 5.21. The van der Waals surface area contributed by atoms with Crippen molar-refractivity contribution in [3.8, 4) is 5.75 Å². The van der Waals surface area contributed by atoms with Crippen molar-refractivity contribution >= 4 is 5.91 Å². The second-order valence-electron chi connectivity index (χ2n) is 6.95. The number of carbonyl (C=O) groups excluding carboxylic acids is 1. The molecule has 1 N–H and O–H groups in total.